The van der Waals surface area contributed by atoms with Crippen molar-refractivity contribution in [2.24, 2.45) is 0 Å². The molecule has 1 aromatic rings. The van der Waals surface area contributed by atoms with Crippen molar-refractivity contribution in [1.29, 1.82) is 0 Å². The maximum atomic E-state index is 11.2. The molecule has 0 atom stereocenters. The Balaban J connectivity index is 1.75. The molecule has 1 aliphatic heterocycles. The molecule has 2 heterocycles. The van der Waals surface area contributed by atoms with Gasteiger partial charge in [-0.15, -0.1) is 0 Å². The van der Waals surface area contributed by atoms with Gasteiger partial charge in [-0.05, 0) is 18.4 Å². The second kappa shape index (κ2) is 6.52. The van der Waals surface area contributed by atoms with Crippen molar-refractivity contribution in [1.82, 2.24) is 15.2 Å². The Labute approximate surface area is 114 Å². The summed E-state index contributed by atoms with van der Waals surface area (Å²) >= 11 is 0. The average Bonchev–Trinajstić information content (AvgIpc) is 2.46. The fourth-order valence-electron chi connectivity index (χ4n) is 2.30. The first-order valence-electron chi connectivity index (χ1n) is 6.67. The fraction of sp³-hybridized carbons (Fsp3) is 0.571. The number of carbonyl (C=O) groups excluding carboxylic acids is 1. The number of hydrogen-bond donors (Lipinski definition) is 1. The molecule has 5 heteroatoms. The molecule has 0 unspecified atom stereocenters. The molecule has 19 heavy (non-hydrogen) atoms. The van der Waals surface area contributed by atoms with Crippen molar-refractivity contribution in [3.05, 3.63) is 23.9 Å². The van der Waals surface area contributed by atoms with E-state index in [1.54, 1.807) is 14.0 Å². The van der Waals surface area contributed by atoms with E-state index < -0.39 is 0 Å². The van der Waals surface area contributed by atoms with Crippen LogP contribution >= 0.6 is 0 Å². The number of carbonyl (C=O) groups is 1. The number of aromatic nitrogens is 1. The second-order valence-electron chi connectivity index (χ2n) is 4.87. The van der Waals surface area contributed by atoms with E-state index in [-0.39, 0.29) is 5.91 Å². The molecule has 0 aromatic carbocycles. The number of piperidine rings is 1. The van der Waals surface area contributed by atoms with Crippen LogP contribution in [0.15, 0.2) is 18.3 Å². The van der Waals surface area contributed by atoms with Gasteiger partial charge >= 0.3 is 0 Å². The number of pyridine rings is 1. The average molecular weight is 263 g/mol. The number of ether oxygens (including phenoxy) is 1. The van der Waals surface area contributed by atoms with E-state index in [1.807, 2.05) is 23.2 Å². The fourth-order valence-corrected chi connectivity index (χ4v) is 2.30. The van der Waals surface area contributed by atoms with E-state index in [0.29, 0.717) is 11.9 Å². The summed E-state index contributed by atoms with van der Waals surface area (Å²) < 4.78 is 5.03. The van der Waals surface area contributed by atoms with Gasteiger partial charge in [0.25, 0.3) is 0 Å². The van der Waals surface area contributed by atoms with E-state index in [1.165, 1.54) is 0 Å². The van der Waals surface area contributed by atoms with E-state index in [9.17, 15) is 4.79 Å². The zero-order valence-electron chi connectivity index (χ0n) is 11.6. The molecule has 104 valence electrons. The molecule has 0 radical (unpaired) electrons. The lowest BCUT2D eigenvalue weighted by molar-refractivity contribution is -0.129. The maximum absolute atomic E-state index is 11.2. The summed E-state index contributed by atoms with van der Waals surface area (Å²) in [7, 11) is 1.61. The van der Waals surface area contributed by atoms with Gasteiger partial charge in [0.1, 0.15) is 0 Å². The Bertz CT molecular complexity index is 411. The van der Waals surface area contributed by atoms with Gasteiger partial charge in [-0.2, -0.15) is 0 Å². The third-order valence-electron chi connectivity index (χ3n) is 3.54. The van der Waals surface area contributed by atoms with Gasteiger partial charge in [0.2, 0.25) is 11.8 Å². The normalized spacial score (nSPS) is 16.4. The van der Waals surface area contributed by atoms with Crippen LogP contribution in [0.25, 0.3) is 0 Å². The molecule has 1 saturated heterocycles. The molecule has 1 N–H and O–H groups in total. The molecule has 2 rings (SSSR count). The Kier molecular flexibility index (Phi) is 4.74. The van der Waals surface area contributed by atoms with Crippen LogP contribution in [-0.2, 0) is 11.3 Å². The molecule has 0 aliphatic carbocycles. The van der Waals surface area contributed by atoms with E-state index in [2.05, 4.69) is 10.3 Å². The van der Waals surface area contributed by atoms with Crippen LogP contribution in [0.4, 0.5) is 0 Å². The lowest BCUT2D eigenvalue weighted by Gasteiger charge is -2.31. The largest absolute Gasteiger partial charge is 0.481 e. The summed E-state index contributed by atoms with van der Waals surface area (Å²) in [6.45, 7) is 4.15. The summed E-state index contributed by atoms with van der Waals surface area (Å²) in [6, 6.07) is 4.37. The van der Waals surface area contributed by atoms with Crippen LogP contribution in [0.2, 0.25) is 0 Å². The lowest BCUT2D eigenvalue weighted by atomic mass is 10.0. The molecule has 0 saturated carbocycles. The summed E-state index contributed by atoms with van der Waals surface area (Å²) in [6.07, 6.45) is 3.86. The zero-order chi connectivity index (χ0) is 13.7. The smallest absolute Gasteiger partial charge is 0.219 e. The van der Waals surface area contributed by atoms with Crippen molar-refractivity contribution >= 4 is 5.91 Å². The van der Waals surface area contributed by atoms with Crippen molar-refractivity contribution in [3.8, 4) is 5.88 Å². The SMILES string of the molecule is COc1ccc(CNC2CCN(C(C)=O)CC2)cn1. The number of nitrogens with zero attached hydrogens (tertiary/aromatic N) is 2. The summed E-state index contributed by atoms with van der Waals surface area (Å²) in [5.74, 6) is 0.816. The predicted molar refractivity (Wildman–Crippen MR) is 72.9 cm³/mol. The standard InChI is InChI=1S/C14H21N3O2/c1-11(18)17-7-5-13(6-8-17)15-9-12-3-4-14(19-2)16-10-12/h3-4,10,13,15H,5-9H2,1-2H3. The van der Waals surface area contributed by atoms with Gasteiger partial charge in [0.05, 0.1) is 7.11 Å². The van der Waals surface area contributed by atoms with Crippen LogP contribution in [0.5, 0.6) is 5.88 Å². The number of nitrogens with one attached hydrogen (secondary N) is 1. The third-order valence-corrected chi connectivity index (χ3v) is 3.54. The zero-order valence-corrected chi connectivity index (χ0v) is 11.6. The van der Waals surface area contributed by atoms with Gasteiger partial charge in [0, 0.05) is 44.9 Å². The molecular formula is C14H21N3O2. The van der Waals surface area contributed by atoms with Gasteiger partial charge in [0.15, 0.2) is 0 Å². The van der Waals surface area contributed by atoms with E-state index in [4.69, 9.17) is 4.74 Å². The minimum absolute atomic E-state index is 0.179. The number of rotatable bonds is 4. The second-order valence-corrected chi connectivity index (χ2v) is 4.87. The molecule has 1 aromatic heterocycles. The highest BCUT2D eigenvalue weighted by Crippen LogP contribution is 2.12. The van der Waals surface area contributed by atoms with Crippen molar-refractivity contribution in [2.75, 3.05) is 20.2 Å². The number of likely N-dealkylation sites (tertiary alicyclic amines) is 1. The molecule has 0 spiro atoms. The molecule has 1 amide bonds. The number of amides is 1. The quantitative estimate of drug-likeness (QED) is 0.886. The Hall–Kier alpha value is -1.62. The third kappa shape index (κ3) is 3.92. The first-order valence-corrected chi connectivity index (χ1v) is 6.67. The van der Waals surface area contributed by atoms with Crippen molar-refractivity contribution in [2.45, 2.75) is 32.4 Å². The van der Waals surface area contributed by atoms with Crippen LogP contribution in [-0.4, -0.2) is 42.0 Å². The summed E-state index contributed by atoms with van der Waals surface area (Å²) in [5.41, 5.74) is 1.15. The Morgan fingerprint density at radius 3 is 2.74 bits per heavy atom. The number of hydrogen-bond acceptors (Lipinski definition) is 4. The number of methoxy groups -OCH3 is 1. The van der Waals surface area contributed by atoms with Crippen molar-refractivity contribution < 1.29 is 9.53 Å². The monoisotopic (exact) mass is 263 g/mol. The van der Waals surface area contributed by atoms with Gasteiger partial charge < -0.3 is 15.0 Å². The Morgan fingerprint density at radius 1 is 1.47 bits per heavy atom. The molecular weight excluding hydrogens is 242 g/mol. The highest BCUT2D eigenvalue weighted by molar-refractivity contribution is 5.73. The first-order chi connectivity index (χ1) is 9.19. The first kappa shape index (κ1) is 13.8. The minimum atomic E-state index is 0.179. The van der Waals surface area contributed by atoms with Crippen LogP contribution in [0.1, 0.15) is 25.3 Å². The van der Waals surface area contributed by atoms with Crippen LogP contribution < -0.4 is 10.1 Å². The highest BCUT2D eigenvalue weighted by Gasteiger charge is 2.19. The van der Waals surface area contributed by atoms with Gasteiger partial charge in [-0.1, -0.05) is 6.07 Å². The van der Waals surface area contributed by atoms with Crippen LogP contribution in [0, 0.1) is 0 Å². The topological polar surface area (TPSA) is 54.5 Å². The van der Waals surface area contributed by atoms with Gasteiger partial charge in [-0.3, -0.25) is 4.79 Å². The van der Waals surface area contributed by atoms with Crippen LogP contribution in [0.3, 0.4) is 0 Å². The molecule has 5 nitrogen and oxygen atoms in total. The molecule has 1 fully saturated rings. The van der Waals surface area contributed by atoms with Gasteiger partial charge in [-0.25, -0.2) is 4.98 Å². The summed E-state index contributed by atoms with van der Waals surface area (Å²) in [4.78, 5) is 17.3. The lowest BCUT2D eigenvalue weighted by Crippen LogP contribution is -2.43. The van der Waals surface area contributed by atoms with E-state index in [0.717, 1.165) is 38.0 Å². The maximum Gasteiger partial charge on any atom is 0.219 e. The summed E-state index contributed by atoms with van der Waals surface area (Å²) in [5, 5.41) is 3.52. The Morgan fingerprint density at radius 2 is 2.21 bits per heavy atom. The van der Waals surface area contributed by atoms with E-state index >= 15 is 0 Å². The minimum Gasteiger partial charge on any atom is -0.481 e. The highest BCUT2D eigenvalue weighted by atomic mass is 16.5. The molecule has 1 aliphatic rings. The predicted octanol–water partition coefficient (Wildman–Crippen LogP) is 1.19. The van der Waals surface area contributed by atoms with Crippen molar-refractivity contribution in [3.63, 3.8) is 0 Å². The molecule has 0 bridgehead atoms.